The fraction of sp³-hybridized carbons (Fsp3) is 1.00. The third-order valence-electron chi connectivity index (χ3n) is 7.98. The van der Waals surface area contributed by atoms with Crippen LogP contribution in [0.2, 0.25) is 0 Å². The minimum absolute atomic E-state index is 0.590. The van der Waals surface area contributed by atoms with Gasteiger partial charge in [0, 0.05) is 7.11 Å². The number of ether oxygens (including phenoxy) is 1. The Kier molecular flexibility index (Phi) is 3.41. The Labute approximate surface area is 124 Å². The molecule has 7 atom stereocenters. The Morgan fingerprint density at radius 2 is 1.75 bits per heavy atom. The van der Waals surface area contributed by atoms with Crippen molar-refractivity contribution in [3.63, 3.8) is 0 Å². The lowest BCUT2D eigenvalue weighted by Gasteiger charge is -2.56. The van der Waals surface area contributed by atoms with Crippen LogP contribution >= 0.6 is 0 Å². The van der Waals surface area contributed by atoms with Gasteiger partial charge in [0.2, 0.25) is 0 Å². The molecule has 0 N–H and O–H groups in total. The molecule has 4 rings (SSSR count). The summed E-state index contributed by atoms with van der Waals surface area (Å²) in [6.07, 6.45) is 15.5. The van der Waals surface area contributed by atoms with Gasteiger partial charge in [0.25, 0.3) is 0 Å². The van der Waals surface area contributed by atoms with Gasteiger partial charge < -0.3 is 4.74 Å². The Bertz CT molecular complexity index is 359. The van der Waals surface area contributed by atoms with Crippen LogP contribution < -0.4 is 0 Å². The minimum atomic E-state index is 0.590. The molecule has 0 aromatic carbocycles. The van der Waals surface area contributed by atoms with Crippen LogP contribution in [0.4, 0.5) is 0 Å². The zero-order valence-corrected chi connectivity index (χ0v) is 13.4. The van der Waals surface area contributed by atoms with Gasteiger partial charge in [-0.2, -0.15) is 0 Å². The molecule has 0 spiro atoms. The minimum Gasteiger partial charge on any atom is -0.381 e. The highest BCUT2D eigenvalue weighted by Crippen LogP contribution is 2.62. The van der Waals surface area contributed by atoms with E-state index in [9.17, 15) is 0 Å². The summed E-state index contributed by atoms with van der Waals surface area (Å²) in [6.45, 7) is 2.61. The number of hydrogen-bond acceptors (Lipinski definition) is 1. The van der Waals surface area contributed by atoms with E-state index in [1.807, 2.05) is 7.11 Å². The lowest BCUT2D eigenvalue weighted by molar-refractivity contribution is -0.109. The van der Waals surface area contributed by atoms with Crippen molar-refractivity contribution in [3.05, 3.63) is 0 Å². The van der Waals surface area contributed by atoms with Crippen molar-refractivity contribution in [2.24, 2.45) is 35.0 Å². The smallest absolute Gasteiger partial charge is 0.0604 e. The average molecular weight is 276 g/mol. The number of fused-ring (bicyclic) bond motifs is 5. The molecule has 4 fully saturated rings. The zero-order chi connectivity index (χ0) is 13.7. The van der Waals surface area contributed by atoms with Gasteiger partial charge in [0.15, 0.2) is 0 Å². The Balaban J connectivity index is 1.60. The molecule has 4 aliphatic carbocycles. The van der Waals surface area contributed by atoms with Crippen LogP contribution in [0.3, 0.4) is 0 Å². The number of rotatable bonds is 1. The predicted molar refractivity (Wildman–Crippen MR) is 82.5 cm³/mol. The second kappa shape index (κ2) is 5.00. The van der Waals surface area contributed by atoms with Crippen molar-refractivity contribution in [3.8, 4) is 0 Å². The highest BCUT2D eigenvalue weighted by Gasteiger charge is 2.54. The number of hydrogen-bond donors (Lipinski definition) is 0. The van der Waals surface area contributed by atoms with Gasteiger partial charge in [-0.05, 0) is 86.4 Å². The fourth-order valence-corrected chi connectivity index (χ4v) is 7.12. The van der Waals surface area contributed by atoms with E-state index >= 15 is 0 Å². The summed E-state index contributed by atoms with van der Waals surface area (Å²) in [4.78, 5) is 0. The van der Waals surface area contributed by atoms with Gasteiger partial charge in [-0.25, -0.2) is 0 Å². The van der Waals surface area contributed by atoms with E-state index < -0.39 is 0 Å². The second-order valence-corrected chi connectivity index (χ2v) is 8.64. The molecule has 2 unspecified atom stereocenters. The van der Waals surface area contributed by atoms with Gasteiger partial charge >= 0.3 is 0 Å². The first-order valence-corrected chi connectivity index (χ1v) is 9.26. The Hall–Kier alpha value is -0.0400. The Morgan fingerprint density at radius 3 is 2.60 bits per heavy atom. The first-order valence-electron chi connectivity index (χ1n) is 9.26. The third kappa shape index (κ3) is 1.91. The molecule has 0 aliphatic heterocycles. The maximum atomic E-state index is 5.95. The largest absolute Gasteiger partial charge is 0.381 e. The molecule has 0 saturated heterocycles. The van der Waals surface area contributed by atoms with Crippen LogP contribution in [0, 0.1) is 35.0 Å². The topological polar surface area (TPSA) is 9.23 Å². The highest BCUT2D eigenvalue weighted by molar-refractivity contribution is 5.04. The summed E-state index contributed by atoms with van der Waals surface area (Å²) >= 11 is 0. The van der Waals surface area contributed by atoms with E-state index in [0.717, 1.165) is 29.6 Å². The molecule has 1 heteroatoms. The molecule has 0 bridgehead atoms. The molecule has 4 aliphatic rings. The zero-order valence-electron chi connectivity index (χ0n) is 13.4. The van der Waals surface area contributed by atoms with Gasteiger partial charge in [-0.1, -0.05) is 19.8 Å². The van der Waals surface area contributed by atoms with Crippen molar-refractivity contribution in [1.82, 2.24) is 0 Å². The molecule has 0 amide bonds. The second-order valence-electron chi connectivity index (χ2n) is 8.64. The summed E-state index contributed by atoms with van der Waals surface area (Å²) in [5.41, 5.74) is 0.714. The predicted octanol–water partition coefficient (Wildman–Crippen LogP) is 5.04. The van der Waals surface area contributed by atoms with Crippen molar-refractivity contribution in [2.75, 3.05) is 7.11 Å². The SMILES string of the molecule is COC1CCCC2CC[C@@H]3[C@H](CC[C@]4(C)CCC[C@@H]34)[C@H]21. The standard InChI is InChI=1S/C19H32O/c1-19-11-4-6-16(19)14-9-8-13-5-3-7-17(20-2)18(13)15(14)10-12-19/h13-18H,3-12H2,1-2H3/t13?,14-,15+,16+,17?,18+,19+/m1/s1. The molecular weight excluding hydrogens is 244 g/mol. The quantitative estimate of drug-likeness (QED) is 0.651. The molecule has 0 radical (unpaired) electrons. The molecule has 0 heterocycles. The molecule has 0 aromatic heterocycles. The molecule has 114 valence electrons. The van der Waals surface area contributed by atoms with Gasteiger partial charge in [-0.3, -0.25) is 0 Å². The molecule has 4 saturated carbocycles. The summed E-state index contributed by atoms with van der Waals surface area (Å²) in [5, 5.41) is 0. The molecule has 0 aromatic rings. The van der Waals surface area contributed by atoms with E-state index in [-0.39, 0.29) is 0 Å². The van der Waals surface area contributed by atoms with Crippen molar-refractivity contribution >= 4 is 0 Å². The lowest BCUT2D eigenvalue weighted by atomic mass is 9.50. The van der Waals surface area contributed by atoms with Crippen LogP contribution in [0.25, 0.3) is 0 Å². The van der Waals surface area contributed by atoms with E-state index in [1.54, 1.807) is 6.42 Å². The summed E-state index contributed by atoms with van der Waals surface area (Å²) in [6, 6.07) is 0. The van der Waals surface area contributed by atoms with Crippen molar-refractivity contribution in [1.29, 1.82) is 0 Å². The number of methoxy groups -OCH3 is 1. The van der Waals surface area contributed by atoms with Crippen molar-refractivity contribution < 1.29 is 4.74 Å². The fourth-order valence-electron chi connectivity index (χ4n) is 7.12. The molecular formula is C19H32O. The summed E-state index contributed by atoms with van der Waals surface area (Å²) in [7, 11) is 1.97. The van der Waals surface area contributed by atoms with Crippen LogP contribution in [0.15, 0.2) is 0 Å². The first kappa shape index (κ1) is 13.6. The summed E-state index contributed by atoms with van der Waals surface area (Å²) in [5.74, 6) is 5.03. The first-order chi connectivity index (χ1) is 9.73. The highest BCUT2D eigenvalue weighted by atomic mass is 16.5. The van der Waals surface area contributed by atoms with Crippen molar-refractivity contribution in [2.45, 2.75) is 77.2 Å². The maximum Gasteiger partial charge on any atom is 0.0604 e. The third-order valence-corrected chi connectivity index (χ3v) is 7.98. The maximum absolute atomic E-state index is 5.95. The normalized spacial score (nSPS) is 54.9. The molecule has 20 heavy (non-hydrogen) atoms. The van der Waals surface area contributed by atoms with E-state index in [0.29, 0.717) is 11.5 Å². The van der Waals surface area contributed by atoms with Gasteiger partial charge in [0.1, 0.15) is 0 Å². The summed E-state index contributed by atoms with van der Waals surface area (Å²) < 4.78 is 5.95. The van der Waals surface area contributed by atoms with Crippen LogP contribution in [-0.4, -0.2) is 13.2 Å². The average Bonchev–Trinajstić information content (AvgIpc) is 2.88. The van der Waals surface area contributed by atoms with Gasteiger partial charge in [0.05, 0.1) is 6.10 Å². The monoisotopic (exact) mass is 276 g/mol. The van der Waals surface area contributed by atoms with E-state index in [4.69, 9.17) is 4.74 Å². The van der Waals surface area contributed by atoms with Crippen LogP contribution in [-0.2, 0) is 4.74 Å². The Morgan fingerprint density at radius 1 is 0.850 bits per heavy atom. The lowest BCUT2D eigenvalue weighted by Crippen LogP contribution is -2.50. The van der Waals surface area contributed by atoms with Gasteiger partial charge in [-0.15, -0.1) is 0 Å². The van der Waals surface area contributed by atoms with Crippen LogP contribution in [0.1, 0.15) is 71.1 Å². The molecule has 1 nitrogen and oxygen atoms in total. The van der Waals surface area contributed by atoms with Crippen LogP contribution in [0.5, 0.6) is 0 Å². The van der Waals surface area contributed by atoms with E-state index in [2.05, 4.69) is 6.92 Å². The van der Waals surface area contributed by atoms with E-state index in [1.165, 1.54) is 57.8 Å².